The summed E-state index contributed by atoms with van der Waals surface area (Å²) in [5.41, 5.74) is 0. The highest BCUT2D eigenvalue weighted by Gasteiger charge is 2.21. The summed E-state index contributed by atoms with van der Waals surface area (Å²) in [6.45, 7) is 4.23. The van der Waals surface area contributed by atoms with Crippen molar-refractivity contribution in [2.75, 3.05) is 47.5 Å². The van der Waals surface area contributed by atoms with E-state index in [0.717, 1.165) is 51.4 Å². The van der Waals surface area contributed by atoms with Gasteiger partial charge in [-0.05, 0) is 44.9 Å². The van der Waals surface area contributed by atoms with Crippen LogP contribution in [0.2, 0.25) is 0 Å². The van der Waals surface area contributed by atoms with Crippen LogP contribution in [0.15, 0.2) is 24.3 Å². The molecule has 0 aliphatic carbocycles. The Labute approximate surface area is 358 Å². The monoisotopic (exact) mass is 842 g/mol. The fourth-order valence-electron chi connectivity index (χ4n) is 6.69. The number of allylic oxidation sites excluding steroid dienone is 4. The van der Waals surface area contributed by atoms with Gasteiger partial charge in [-0.15, -0.1) is 0 Å². The van der Waals surface area contributed by atoms with E-state index in [0.29, 0.717) is 17.4 Å². The van der Waals surface area contributed by atoms with Gasteiger partial charge in [0.2, 0.25) is 0 Å². The summed E-state index contributed by atoms with van der Waals surface area (Å²) < 4.78 is 34.0. The molecule has 0 spiro atoms. The molecule has 0 heterocycles. The van der Waals surface area contributed by atoms with Crippen LogP contribution in [-0.4, -0.2) is 70.0 Å². The second-order valence-electron chi connectivity index (χ2n) is 17.5. The molecule has 0 N–H and O–H groups in total. The first-order chi connectivity index (χ1) is 28.0. The first kappa shape index (κ1) is 56.5. The lowest BCUT2D eigenvalue weighted by Gasteiger charge is -2.28. The van der Waals surface area contributed by atoms with Crippen LogP contribution in [-0.2, 0) is 32.7 Å². The zero-order valence-electron chi connectivity index (χ0n) is 38.5. The van der Waals surface area contributed by atoms with Crippen LogP contribution >= 0.6 is 7.82 Å². The highest BCUT2D eigenvalue weighted by molar-refractivity contribution is 7.45. The Morgan fingerprint density at radius 2 is 0.931 bits per heavy atom. The fourth-order valence-corrected chi connectivity index (χ4v) is 7.41. The number of nitrogens with zero attached hydrogens (tertiary/aromatic N) is 1. The maximum absolute atomic E-state index is 12.7. The van der Waals surface area contributed by atoms with Crippen molar-refractivity contribution >= 4 is 19.8 Å². The quantitative estimate of drug-likeness (QED) is 0.0196. The highest BCUT2D eigenvalue weighted by atomic mass is 31.2. The Morgan fingerprint density at radius 1 is 0.534 bits per heavy atom. The van der Waals surface area contributed by atoms with Crippen LogP contribution < -0.4 is 4.89 Å². The van der Waals surface area contributed by atoms with Gasteiger partial charge in [0.15, 0.2) is 6.10 Å². The molecule has 0 bridgehead atoms. The topological polar surface area (TPSA) is 111 Å². The summed E-state index contributed by atoms with van der Waals surface area (Å²) in [5, 5.41) is 0. The maximum atomic E-state index is 12.7. The number of hydrogen-bond acceptors (Lipinski definition) is 8. The van der Waals surface area contributed by atoms with Crippen molar-refractivity contribution in [2.24, 2.45) is 0 Å². The number of likely N-dealkylation sites (N-methyl/N-ethyl adjacent to an activating group) is 1. The molecule has 0 aliphatic heterocycles. The third-order valence-electron chi connectivity index (χ3n) is 10.5. The van der Waals surface area contributed by atoms with Crippen LogP contribution in [0.4, 0.5) is 0 Å². The molecular weight excluding hydrogens is 750 g/mol. The number of carbonyl (C=O) groups excluding carboxylic acids is 2. The molecule has 2 unspecified atom stereocenters. The Morgan fingerprint density at radius 3 is 1.38 bits per heavy atom. The normalized spacial score (nSPS) is 13.7. The second kappa shape index (κ2) is 40.9. The van der Waals surface area contributed by atoms with Gasteiger partial charge in [-0.3, -0.25) is 14.2 Å². The van der Waals surface area contributed by atoms with Crippen molar-refractivity contribution in [3.8, 4) is 0 Å². The predicted octanol–water partition coefficient (Wildman–Crippen LogP) is 13.3. The number of rotatable bonds is 44. The van der Waals surface area contributed by atoms with Crippen LogP contribution in [0, 0.1) is 0 Å². The Hall–Kier alpha value is -1.51. The summed E-state index contributed by atoms with van der Waals surface area (Å²) in [7, 11) is 1.17. The van der Waals surface area contributed by atoms with Crippen LogP contribution in [0.3, 0.4) is 0 Å². The van der Waals surface area contributed by atoms with Crippen molar-refractivity contribution in [2.45, 2.75) is 225 Å². The van der Waals surface area contributed by atoms with Gasteiger partial charge in [0, 0.05) is 12.8 Å². The molecule has 0 aromatic rings. The summed E-state index contributed by atoms with van der Waals surface area (Å²) in [6, 6.07) is 0. The molecule has 0 radical (unpaired) electrons. The maximum Gasteiger partial charge on any atom is 0.306 e. The standard InChI is InChI=1S/C48H92NO8P/c1-6-8-10-12-14-16-18-20-22-24-25-27-29-31-33-35-37-39-41-48(51)57-46(45-56-58(52,53)55-43-42-49(3,4)5)44-54-47(50)40-38-36-34-32-30-28-26-23-21-19-17-15-13-11-9-7-2/h16,18,22,24,46H,6-15,17,19-21,23,25-45H2,1-5H3/b18-16-,24-22-. The Kier molecular flexibility index (Phi) is 39.8. The van der Waals surface area contributed by atoms with Gasteiger partial charge in [0.05, 0.1) is 27.7 Å². The van der Waals surface area contributed by atoms with Crippen molar-refractivity contribution in [1.82, 2.24) is 0 Å². The zero-order chi connectivity index (χ0) is 42.8. The predicted molar refractivity (Wildman–Crippen MR) is 241 cm³/mol. The average molecular weight is 842 g/mol. The number of quaternary nitrogens is 1. The third-order valence-corrected chi connectivity index (χ3v) is 11.4. The molecule has 10 heteroatoms. The van der Waals surface area contributed by atoms with E-state index in [4.69, 9.17) is 18.5 Å². The summed E-state index contributed by atoms with van der Waals surface area (Å²) >= 11 is 0. The van der Waals surface area contributed by atoms with Crippen molar-refractivity contribution in [3.63, 3.8) is 0 Å². The summed E-state index contributed by atoms with van der Waals surface area (Å²) in [4.78, 5) is 37.6. The molecule has 0 fully saturated rings. The number of phosphoric acid groups is 1. The van der Waals surface area contributed by atoms with Gasteiger partial charge in [-0.1, -0.05) is 186 Å². The number of ether oxygens (including phenoxy) is 2. The molecule has 58 heavy (non-hydrogen) atoms. The van der Waals surface area contributed by atoms with Gasteiger partial charge < -0.3 is 27.9 Å². The Bertz CT molecular complexity index is 1040. The largest absolute Gasteiger partial charge is 0.756 e. The first-order valence-electron chi connectivity index (χ1n) is 24.0. The van der Waals surface area contributed by atoms with Gasteiger partial charge in [0.25, 0.3) is 7.82 Å². The molecule has 0 saturated carbocycles. The molecule has 0 saturated heterocycles. The van der Waals surface area contributed by atoms with Crippen LogP contribution in [0.25, 0.3) is 0 Å². The highest BCUT2D eigenvalue weighted by Crippen LogP contribution is 2.38. The van der Waals surface area contributed by atoms with Crippen LogP contribution in [0.5, 0.6) is 0 Å². The van der Waals surface area contributed by atoms with Gasteiger partial charge in [0.1, 0.15) is 19.8 Å². The van der Waals surface area contributed by atoms with Crippen molar-refractivity contribution < 1.29 is 42.1 Å². The van der Waals surface area contributed by atoms with E-state index >= 15 is 0 Å². The van der Waals surface area contributed by atoms with E-state index in [2.05, 4.69) is 38.2 Å². The smallest absolute Gasteiger partial charge is 0.306 e. The van der Waals surface area contributed by atoms with Crippen LogP contribution in [0.1, 0.15) is 219 Å². The second-order valence-corrected chi connectivity index (χ2v) is 18.9. The summed E-state index contributed by atoms with van der Waals surface area (Å²) in [5.74, 6) is -0.833. The van der Waals surface area contributed by atoms with E-state index in [1.165, 1.54) is 135 Å². The number of unbranched alkanes of at least 4 members (excludes halogenated alkanes) is 26. The number of esters is 2. The minimum Gasteiger partial charge on any atom is -0.756 e. The lowest BCUT2D eigenvalue weighted by atomic mass is 10.0. The number of phosphoric ester groups is 1. The van der Waals surface area contributed by atoms with Crippen molar-refractivity contribution in [1.29, 1.82) is 0 Å². The number of carbonyl (C=O) groups is 2. The minimum atomic E-state index is -4.63. The summed E-state index contributed by atoms with van der Waals surface area (Å²) in [6.07, 6.45) is 44.8. The van der Waals surface area contributed by atoms with E-state index in [9.17, 15) is 19.0 Å². The van der Waals surface area contributed by atoms with E-state index in [1.807, 2.05) is 21.1 Å². The van der Waals surface area contributed by atoms with E-state index < -0.39 is 26.5 Å². The molecule has 0 aromatic carbocycles. The third kappa shape index (κ3) is 44.1. The van der Waals surface area contributed by atoms with Gasteiger partial charge in [-0.25, -0.2) is 0 Å². The lowest BCUT2D eigenvalue weighted by molar-refractivity contribution is -0.870. The molecule has 9 nitrogen and oxygen atoms in total. The molecule has 0 rings (SSSR count). The number of hydrogen-bond donors (Lipinski definition) is 0. The van der Waals surface area contributed by atoms with Crippen molar-refractivity contribution in [3.05, 3.63) is 24.3 Å². The van der Waals surface area contributed by atoms with E-state index in [1.54, 1.807) is 0 Å². The molecule has 0 aliphatic rings. The zero-order valence-corrected chi connectivity index (χ0v) is 39.4. The SMILES string of the molecule is CCCCCC/C=C\C/C=C\CCCCCCCCCC(=O)OC(COC(=O)CCCCCCCCCCCCCCCCCC)COP(=O)([O-])OCC[N+](C)(C)C. The van der Waals surface area contributed by atoms with E-state index in [-0.39, 0.29) is 32.0 Å². The molecule has 0 aromatic heterocycles. The van der Waals surface area contributed by atoms with Gasteiger partial charge >= 0.3 is 11.9 Å². The molecular formula is C48H92NO8P. The molecule has 342 valence electrons. The lowest BCUT2D eigenvalue weighted by Crippen LogP contribution is -2.37. The molecule has 2 atom stereocenters. The average Bonchev–Trinajstić information content (AvgIpc) is 3.17. The van der Waals surface area contributed by atoms with Gasteiger partial charge in [-0.2, -0.15) is 0 Å². The first-order valence-corrected chi connectivity index (χ1v) is 25.5. The Balaban J connectivity index is 4.30. The molecule has 0 amide bonds. The minimum absolute atomic E-state index is 0.0305. The fraction of sp³-hybridized carbons (Fsp3) is 0.875.